The van der Waals surface area contributed by atoms with Crippen LogP contribution < -0.4 is 4.90 Å². The first-order chi connectivity index (χ1) is 13.9. The second-order valence-electron chi connectivity index (χ2n) is 10.9. The summed E-state index contributed by atoms with van der Waals surface area (Å²) in [4.78, 5) is 7.06. The molecular formula is C28H56N2. The molecule has 1 heterocycles. The number of nitrogens with zero attached hydrogens (tertiary/aromatic N) is 2. The van der Waals surface area contributed by atoms with Crippen LogP contribution in [-0.2, 0) is 0 Å². The highest BCUT2D eigenvalue weighted by Gasteiger charge is 2.22. The molecule has 1 aromatic rings. The lowest BCUT2D eigenvalue weighted by molar-refractivity contribution is 0.339. The summed E-state index contributed by atoms with van der Waals surface area (Å²) in [6.45, 7) is 28.5. The van der Waals surface area contributed by atoms with Gasteiger partial charge in [0.2, 0.25) is 0 Å². The first kappa shape index (κ1) is 31.1. The summed E-state index contributed by atoms with van der Waals surface area (Å²) >= 11 is 0. The number of hydrogen-bond acceptors (Lipinski definition) is 2. The molecule has 1 atom stereocenters. The van der Waals surface area contributed by atoms with Crippen molar-refractivity contribution in [2.24, 2.45) is 10.8 Å². The molecule has 1 unspecified atom stereocenters. The maximum absolute atomic E-state index is 4.68. The SMILES string of the molecule is C1CCC1.CC.CC(C)(C)C.CCCN(CCC)c1ccc(C(C)C(C)(C)C)cn1. The molecule has 0 bridgehead atoms. The van der Waals surface area contributed by atoms with Crippen molar-refractivity contribution >= 4 is 5.82 Å². The van der Waals surface area contributed by atoms with Gasteiger partial charge in [0.25, 0.3) is 0 Å². The van der Waals surface area contributed by atoms with Gasteiger partial charge in [0.05, 0.1) is 0 Å². The van der Waals surface area contributed by atoms with Crippen LogP contribution in [0, 0.1) is 10.8 Å². The van der Waals surface area contributed by atoms with E-state index in [1.54, 1.807) is 0 Å². The quantitative estimate of drug-likeness (QED) is 0.455. The monoisotopic (exact) mass is 420 g/mol. The summed E-state index contributed by atoms with van der Waals surface area (Å²) in [5.74, 6) is 1.65. The van der Waals surface area contributed by atoms with E-state index >= 15 is 0 Å². The lowest BCUT2D eigenvalue weighted by atomic mass is 9.78. The Morgan fingerprint density at radius 1 is 0.833 bits per heavy atom. The fourth-order valence-corrected chi connectivity index (χ4v) is 2.47. The van der Waals surface area contributed by atoms with E-state index in [1.807, 2.05) is 13.8 Å². The van der Waals surface area contributed by atoms with Gasteiger partial charge in [-0.3, -0.25) is 0 Å². The van der Waals surface area contributed by atoms with Crippen LogP contribution in [-0.4, -0.2) is 18.1 Å². The van der Waals surface area contributed by atoms with Crippen LogP contribution in [0.5, 0.6) is 0 Å². The lowest BCUT2D eigenvalue weighted by Gasteiger charge is -2.28. The van der Waals surface area contributed by atoms with E-state index in [0.29, 0.717) is 11.3 Å². The Morgan fingerprint density at radius 3 is 1.47 bits per heavy atom. The smallest absolute Gasteiger partial charge is 0.128 e. The highest BCUT2D eigenvalue weighted by Crippen LogP contribution is 2.34. The average Bonchev–Trinajstić information content (AvgIpc) is 2.59. The fraction of sp³-hybridized carbons (Fsp3) is 0.821. The normalized spacial score (nSPS) is 13.9. The molecule has 0 radical (unpaired) electrons. The molecule has 1 aromatic heterocycles. The molecule has 2 nitrogen and oxygen atoms in total. The molecular weight excluding hydrogens is 364 g/mol. The van der Waals surface area contributed by atoms with Gasteiger partial charge in [-0.2, -0.15) is 0 Å². The molecule has 178 valence electrons. The minimum atomic E-state index is 0.287. The topological polar surface area (TPSA) is 16.1 Å². The second-order valence-corrected chi connectivity index (χ2v) is 10.9. The Bertz CT molecular complexity index is 471. The van der Waals surface area contributed by atoms with Crippen molar-refractivity contribution in [3.63, 3.8) is 0 Å². The van der Waals surface area contributed by atoms with Crippen molar-refractivity contribution in [2.45, 2.75) is 128 Å². The molecule has 2 heteroatoms. The van der Waals surface area contributed by atoms with Crippen LogP contribution in [0.2, 0.25) is 0 Å². The first-order valence-electron chi connectivity index (χ1n) is 12.6. The van der Waals surface area contributed by atoms with Crippen LogP contribution in [0.25, 0.3) is 0 Å². The van der Waals surface area contributed by atoms with Crippen LogP contribution >= 0.6 is 0 Å². The van der Waals surface area contributed by atoms with E-state index in [4.69, 9.17) is 0 Å². The summed E-state index contributed by atoms with van der Waals surface area (Å²) in [5.41, 5.74) is 2.12. The number of rotatable bonds is 6. The summed E-state index contributed by atoms with van der Waals surface area (Å²) < 4.78 is 0. The molecule has 1 aliphatic carbocycles. The van der Waals surface area contributed by atoms with Crippen LogP contribution in [0.4, 0.5) is 5.82 Å². The largest absolute Gasteiger partial charge is 0.357 e. The highest BCUT2D eigenvalue weighted by atomic mass is 15.2. The standard InChI is InChI=1S/C17H30N2.C5H12.C4H8.C2H6/c1-7-11-19(12-8-2)16-10-9-15(13-18-16)14(3)17(4,5)6;1-5(2,3)4;1-2-4-3-1;1-2/h9-10,13-14H,7-8,11-12H2,1-6H3;1-4H3;1-4H2;1-2H3. The highest BCUT2D eigenvalue weighted by molar-refractivity contribution is 5.40. The third-order valence-electron chi connectivity index (χ3n) is 4.88. The molecule has 2 rings (SSSR count). The minimum absolute atomic E-state index is 0.287. The van der Waals surface area contributed by atoms with Gasteiger partial charge in [-0.05, 0) is 41.2 Å². The van der Waals surface area contributed by atoms with Crippen LogP contribution in [0.15, 0.2) is 18.3 Å². The zero-order valence-electron chi connectivity index (χ0n) is 22.9. The summed E-state index contributed by atoms with van der Waals surface area (Å²) in [6.07, 6.45) is 10.4. The van der Waals surface area contributed by atoms with Gasteiger partial charge >= 0.3 is 0 Å². The molecule has 30 heavy (non-hydrogen) atoms. The maximum atomic E-state index is 4.68. The van der Waals surface area contributed by atoms with E-state index in [1.165, 1.54) is 44.1 Å². The predicted molar refractivity (Wildman–Crippen MR) is 140 cm³/mol. The Hall–Kier alpha value is -1.05. The van der Waals surface area contributed by atoms with Crippen molar-refractivity contribution in [3.05, 3.63) is 23.9 Å². The Balaban J connectivity index is 0. The third-order valence-corrected chi connectivity index (χ3v) is 4.88. The summed E-state index contributed by atoms with van der Waals surface area (Å²) in [7, 11) is 0. The van der Waals surface area contributed by atoms with Crippen LogP contribution in [0.1, 0.15) is 133 Å². The van der Waals surface area contributed by atoms with Gasteiger partial charge < -0.3 is 4.90 Å². The molecule has 0 saturated heterocycles. The Kier molecular flexibility index (Phi) is 17.2. The number of pyridine rings is 1. The number of anilines is 1. The Morgan fingerprint density at radius 2 is 1.23 bits per heavy atom. The van der Waals surface area contributed by atoms with Crippen molar-refractivity contribution in [2.75, 3.05) is 18.0 Å². The summed E-state index contributed by atoms with van der Waals surface area (Å²) in [6, 6.07) is 4.43. The molecule has 0 aromatic carbocycles. The maximum Gasteiger partial charge on any atom is 0.128 e. The first-order valence-corrected chi connectivity index (χ1v) is 12.6. The van der Waals surface area contributed by atoms with Gasteiger partial charge in [-0.25, -0.2) is 4.98 Å². The third kappa shape index (κ3) is 16.7. The number of aromatic nitrogens is 1. The van der Waals surface area contributed by atoms with E-state index in [-0.39, 0.29) is 5.41 Å². The molecule has 1 saturated carbocycles. The molecule has 0 N–H and O–H groups in total. The molecule has 0 amide bonds. The van der Waals surface area contributed by atoms with E-state index < -0.39 is 0 Å². The van der Waals surface area contributed by atoms with Crippen LogP contribution in [0.3, 0.4) is 0 Å². The van der Waals surface area contributed by atoms with Crippen molar-refractivity contribution in [1.29, 1.82) is 0 Å². The van der Waals surface area contributed by atoms with Gasteiger partial charge in [0, 0.05) is 19.3 Å². The minimum Gasteiger partial charge on any atom is -0.357 e. The van der Waals surface area contributed by atoms with Gasteiger partial charge in [0.1, 0.15) is 5.82 Å². The van der Waals surface area contributed by atoms with Crippen molar-refractivity contribution < 1.29 is 0 Å². The van der Waals surface area contributed by atoms with Gasteiger partial charge in [-0.1, -0.05) is 115 Å². The van der Waals surface area contributed by atoms with Crippen molar-refractivity contribution in [3.8, 4) is 0 Å². The lowest BCUT2D eigenvalue weighted by Crippen LogP contribution is -2.26. The predicted octanol–water partition coefficient (Wildman–Crippen LogP) is 9.50. The summed E-state index contributed by atoms with van der Waals surface area (Å²) in [5, 5.41) is 0. The Labute approximate surface area is 191 Å². The number of hydrogen-bond donors (Lipinski definition) is 0. The molecule has 0 spiro atoms. The average molecular weight is 421 g/mol. The molecule has 1 fully saturated rings. The molecule has 0 aliphatic heterocycles. The van der Waals surface area contributed by atoms with Gasteiger partial charge in [-0.15, -0.1) is 0 Å². The van der Waals surface area contributed by atoms with Crippen molar-refractivity contribution in [1.82, 2.24) is 4.98 Å². The van der Waals surface area contributed by atoms with E-state index in [2.05, 4.69) is 97.5 Å². The zero-order valence-corrected chi connectivity index (χ0v) is 22.9. The molecule has 1 aliphatic rings. The van der Waals surface area contributed by atoms with E-state index in [0.717, 1.165) is 18.9 Å². The zero-order chi connectivity index (χ0) is 23.8. The second kappa shape index (κ2) is 16.6. The fourth-order valence-electron chi connectivity index (χ4n) is 2.47. The van der Waals surface area contributed by atoms with Gasteiger partial charge in [0.15, 0.2) is 0 Å². The van der Waals surface area contributed by atoms with E-state index in [9.17, 15) is 0 Å².